The minimum absolute atomic E-state index is 0. The van der Waals surface area contributed by atoms with E-state index in [1.54, 1.807) is 0 Å². The molecule has 0 aliphatic carbocycles. The van der Waals surface area contributed by atoms with Crippen molar-refractivity contribution in [2.45, 2.75) is 26.4 Å². The predicted octanol–water partition coefficient (Wildman–Crippen LogP) is 3.59. The van der Waals surface area contributed by atoms with Gasteiger partial charge in [-0.1, -0.05) is 30.3 Å². The smallest absolute Gasteiger partial charge is 0.748 e. The van der Waals surface area contributed by atoms with Crippen LogP contribution >= 0.6 is 0 Å². The van der Waals surface area contributed by atoms with Gasteiger partial charge in [0.2, 0.25) is 0 Å². The van der Waals surface area contributed by atoms with E-state index in [9.17, 15) is 0 Å². The van der Waals surface area contributed by atoms with Crippen molar-refractivity contribution in [1.29, 1.82) is 0 Å². The summed E-state index contributed by atoms with van der Waals surface area (Å²) in [5, 5.41) is 2.33. The molecule has 0 spiro atoms. The molecule has 2 N–H and O–H groups in total. The summed E-state index contributed by atoms with van der Waals surface area (Å²) in [7, 11) is 0. The molecule has 0 unspecified atom stereocenters. The molecule has 0 bridgehead atoms. The van der Waals surface area contributed by atoms with Crippen molar-refractivity contribution in [3.63, 3.8) is 0 Å². The number of nitrogens with two attached hydrogens (primary N) is 1. The van der Waals surface area contributed by atoms with Crippen molar-refractivity contribution in [3.8, 4) is 0 Å². The average molecular weight is 305 g/mol. The second kappa shape index (κ2) is 14.6. The van der Waals surface area contributed by atoms with Gasteiger partial charge in [-0.15, -0.1) is 0 Å². The molecule has 116 valence electrons. The molecular weight excluding hydrogens is 279 g/mol. The molecule has 3 rings (SSSR count). The van der Waals surface area contributed by atoms with E-state index < -0.39 is 0 Å². The van der Waals surface area contributed by atoms with Gasteiger partial charge in [-0.2, -0.15) is 18.2 Å². The summed E-state index contributed by atoms with van der Waals surface area (Å²) in [5.41, 5.74) is 1.40. The molecule has 0 saturated heterocycles. The van der Waals surface area contributed by atoms with E-state index in [1.807, 2.05) is 60.7 Å². The Morgan fingerprint density at radius 2 is 1.32 bits per heavy atom. The molecule has 1 nitrogen and oxygen atoms in total. The van der Waals surface area contributed by atoms with Crippen LogP contribution in [0.5, 0.6) is 0 Å². The summed E-state index contributed by atoms with van der Waals surface area (Å²) in [6, 6.07) is 31.2. The molecule has 0 aliphatic rings. The monoisotopic (exact) mass is 304 g/mol. The molecule has 0 fully saturated rings. The van der Waals surface area contributed by atoms with Gasteiger partial charge in [0.15, 0.2) is 0 Å². The fourth-order valence-corrected chi connectivity index (χ4v) is 1.63. The van der Waals surface area contributed by atoms with Crippen molar-refractivity contribution in [3.05, 3.63) is 96.6 Å². The summed E-state index contributed by atoms with van der Waals surface area (Å²) >= 11 is 0. The van der Waals surface area contributed by atoms with Gasteiger partial charge in [-0.05, 0) is 13.8 Å². The summed E-state index contributed by atoms with van der Waals surface area (Å²) in [6.07, 6.45) is 0. The van der Waals surface area contributed by atoms with Crippen LogP contribution in [-0.4, -0.2) is 29.1 Å². The SMILES string of the molecule is CC(C)[NH2+]Cc1ccccc1.[Mg+2].[cH-]1[cH-][cH-][cH-][cH-]1.c1cc[cH-]c1. The zero-order valence-electron chi connectivity index (χ0n) is 13.7. The van der Waals surface area contributed by atoms with Crippen LogP contribution in [0.1, 0.15) is 19.4 Å². The first-order valence-corrected chi connectivity index (χ1v) is 7.49. The molecule has 22 heavy (non-hydrogen) atoms. The molecule has 0 atom stereocenters. The van der Waals surface area contributed by atoms with E-state index in [2.05, 4.69) is 49.5 Å². The van der Waals surface area contributed by atoms with Gasteiger partial charge >= 0.3 is 23.1 Å². The first kappa shape index (κ1) is 20.6. The van der Waals surface area contributed by atoms with Crippen LogP contribution in [0.4, 0.5) is 0 Å². The summed E-state index contributed by atoms with van der Waals surface area (Å²) in [6.45, 7) is 5.52. The minimum atomic E-state index is 0. The van der Waals surface area contributed by atoms with Crippen molar-refractivity contribution in [2.75, 3.05) is 0 Å². The Morgan fingerprint density at radius 1 is 0.818 bits per heavy atom. The van der Waals surface area contributed by atoms with Gasteiger partial charge in [0.1, 0.15) is 6.54 Å². The van der Waals surface area contributed by atoms with Crippen LogP contribution < -0.4 is 5.32 Å². The second-order valence-corrected chi connectivity index (χ2v) is 5.09. The maximum absolute atomic E-state index is 2.33. The molecule has 3 aromatic rings. The first-order valence-electron chi connectivity index (χ1n) is 7.49. The molecule has 3 aromatic carbocycles. The fourth-order valence-electron chi connectivity index (χ4n) is 1.63. The summed E-state index contributed by atoms with van der Waals surface area (Å²) in [5.74, 6) is 0. The molecule has 0 radical (unpaired) electrons. The third-order valence-electron chi connectivity index (χ3n) is 2.78. The number of hydrogen-bond donors (Lipinski definition) is 1. The largest absolute Gasteiger partial charge is 2.00 e. The first-order chi connectivity index (χ1) is 10.3. The Hall–Kier alpha value is -1.35. The zero-order valence-corrected chi connectivity index (χ0v) is 15.1. The maximum Gasteiger partial charge on any atom is 2.00 e. The van der Waals surface area contributed by atoms with E-state index in [4.69, 9.17) is 0 Å². The number of hydrogen-bond acceptors (Lipinski definition) is 0. The van der Waals surface area contributed by atoms with Crippen molar-refractivity contribution >= 4 is 23.1 Å². The van der Waals surface area contributed by atoms with E-state index >= 15 is 0 Å². The van der Waals surface area contributed by atoms with Gasteiger partial charge < -0.3 is 35.6 Å². The predicted molar refractivity (Wildman–Crippen MR) is 97.0 cm³/mol. The van der Waals surface area contributed by atoms with Gasteiger partial charge in [0.05, 0.1) is 6.04 Å². The van der Waals surface area contributed by atoms with Crippen LogP contribution in [0.3, 0.4) is 0 Å². The standard InChI is InChI=1S/C10H15N.2C5H5.Mg/c1-9(2)11-8-10-6-4-3-5-7-10;2*1-2-4-5-3-1;/h3-7,9,11H,8H2,1-2H3;2*1-5H;/q;-5;-1;+2/p+1. The number of quaternary nitrogens is 1. The van der Waals surface area contributed by atoms with Crippen LogP contribution in [0, 0.1) is 0 Å². The molecule has 0 saturated carbocycles. The molecule has 0 aromatic heterocycles. The maximum atomic E-state index is 2.33. The number of benzene rings is 1. The van der Waals surface area contributed by atoms with E-state index in [0.717, 1.165) is 6.54 Å². The van der Waals surface area contributed by atoms with Crippen LogP contribution in [0.15, 0.2) is 91.0 Å². The molecular formula is C20H26MgN-3. The van der Waals surface area contributed by atoms with Crippen molar-refractivity contribution in [2.24, 2.45) is 0 Å². The quantitative estimate of drug-likeness (QED) is 0.562. The van der Waals surface area contributed by atoms with Crippen molar-refractivity contribution < 1.29 is 5.32 Å². The van der Waals surface area contributed by atoms with Crippen molar-refractivity contribution in [1.82, 2.24) is 0 Å². The van der Waals surface area contributed by atoms with Gasteiger partial charge in [-0.3, -0.25) is 0 Å². The van der Waals surface area contributed by atoms with E-state index in [-0.39, 0.29) is 23.1 Å². The Kier molecular flexibility index (Phi) is 13.7. The molecule has 0 amide bonds. The van der Waals surface area contributed by atoms with E-state index in [1.165, 1.54) is 5.56 Å². The fraction of sp³-hybridized carbons (Fsp3) is 0.200. The molecule has 0 heterocycles. The third-order valence-corrected chi connectivity index (χ3v) is 2.78. The Bertz CT molecular complexity index is 437. The molecule has 0 aliphatic heterocycles. The summed E-state index contributed by atoms with van der Waals surface area (Å²) in [4.78, 5) is 0. The van der Waals surface area contributed by atoms with E-state index in [0.29, 0.717) is 6.04 Å². The van der Waals surface area contributed by atoms with Crippen LogP contribution in [-0.2, 0) is 6.54 Å². The second-order valence-electron chi connectivity index (χ2n) is 5.09. The average Bonchev–Trinajstić information content (AvgIpc) is 3.23. The van der Waals surface area contributed by atoms with Gasteiger partial charge in [-0.25, -0.2) is 12.1 Å². The van der Waals surface area contributed by atoms with Crippen LogP contribution in [0.25, 0.3) is 0 Å². The zero-order chi connectivity index (χ0) is 15.2. The third kappa shape index (κ3) is 12.4. The summed E-state index contributed by atoms with van der Waals surface area (Å²) < 4.78 is 0. The Morgan fingerprint density at radius 3 is 1.68 bits per heavy atom. The minimum Gasteiger partial charge on any atom is -0.748 e. The van der Waals surface area contributed by atoms with Crippen LogP contribution in [0.2, 0.25) is 0 Å². The van der Waals surface area contributed by atoms with Gasteiger partial charge in [0.25, 0.3) is 0 Å². The Balaban J connectivity index is 0.000000334. The molecule has 2 heteroatoms. The normalized spacial score (nSPS) is 8.86. The Labute approximate surface area is 151 Å². The van der Waals surface area contributed by atoms with Gasteiger partial charge in [0, 0.05) is 5.56 Å². The number of rotatable bonds is 3. The topological polar surface area (TPSA) is 16.6 Å².